The van der Waals surface area contributed by atoms with Crippen molar-refractivity contribution in [2.75, 3.05) is 25.0 Å². The van der Waals surface area contributed by atoms with Gasteiger partial charge in [-0.2, -0.15) is 16.8 Å². The fourth-order valence-electron chi connectivity index (χ4n) is 0.729. The molecule has 0 rings (SSSR count). The van der Waals surface area contributed by atoms with Crippen LogP contribution in [0.1, 0.15) is 6.42 Å². The van der Waals surface area contributed by atoms with E-state index < -0.39 is 26.3 Å². The van der Waals surface area contributed by atoms with Crippen molar-refractivity contribution < 1.29 is 25.2 Å². The first kappa shape index (κ1) is 15.1. The van der Waals surface area contributed by atoms with Crippen LogP contribution in [0.5, 0.6) is 0 Å². The van der Waals surface area contributed by atoms with Crippen molar-refractivity contribution in [3.05, 3.63) is 0 Å². The maximum absolute atomic E-state index is 10.7. The van der Waals surface area contributed by atoms with Crippen LogP contribution in [0.15, 0.2) is 0 Å². The van der Waals surface area contributed by atoms with Gasteiger partial charge in [-0.05, 0) is 0 Å². The standard InChI is InChI=1S/C6H13ClO6S2/c1-14(8,9)12-4-3-6(5-7)13-15(2,10)11/h6H,3-5H2,1-2H3/t6-/m1/s1. The van der Waals surface area contributed by atoms with E-state index in [2.05, 4.69) is 8.37 Å². The highest BCUT2D eigenvalue weighted by molar-refractivity contribution is 7.86. The maximum atomic E-state index is 10.7. The van der Waals surface area contributed by atoms with Crippen LogP contribution in [0, 0.1) is 0 Å². The second-order valence-corrected chi connectivity index (χ2v) is 6.44. The molecular formula is C6H13ClO6S2. The molecule has 15 heavy (non-hydrogen) atoms. The van der Waals surface area contributed by atoms with Crippen molar-refractivity contribution in [2.24, 2.45) is 0 Å². The van der Waals surface area contributed by atoms with Crippen LogP contribution in [0.3, 0.4) is 0 Å². The van der Waals surface area contributed by atoms with E-state index in [1.807, 2.05) is 0 Å². The van der Waals surface area contributed by atoms with Gasteiger partial charge in [0.15, 0.2) is 0 Å². The molecule has 0 saturated heterocycles. The van der Waals surface area contributed by atoms with Crippen molar-refractivity contribution in [1.29, 1.82) is 0 Å². The Balaban J connectivity index is 4.03. The molecule has 0 aromatic rings. The minimum Gasteiger partial charge on any atom is -0.270 e. The number of rotatable bonds is 7. The molecule has 0 aliphatic carbocycles. The van der Waals surface area contributed by atoms with Gasteiger partial charge in [-0.25, -0.2) is 0 Å². The predicted octanol–water partition coefficient (Wildman–Crippen LogP) is -0.0637. The van der Waals surface area contributed by atoms with Gasteiger partial charge >= 0.3 is 0 Å². The van der Waals surface area contributed by atoms with Gasteiger partial charge in [0.1, 0.15) is 0 Å². The minimum absolute atomic E-state index is 0.0554. The first-order valence-electron chi connectivity index (χ1n) is 3.92. The third kappa shape index (κ3) is 10.4. The Kier molecular flexibility index (Phi) is 6.04. The summed E-state index contributed by atoms with van der Waals surface area (Å²) >= 11 is 5.43. The van der Waals surface area contributed by atoms with Crippen LogP contribution in [0.2, 0.25) is 0 Å². The summed E-state index contributed by atoms with van der Waals surface area (Å²) in [5, 5.41) is 0. The topological polar surface area (TPSA) is 86.7 Å². The van der Waals surface area contributed by atoms with Crippen LogP contribution in [-0.2, 0) is 28.6 Å². The molecule has 0 amide bonds. The molecule has 0 N–H and O–H groups in total. The molecule has 0 aromatic heterocycles. The monoisotopic (exact) mass is 280 g/mol. The molecule has 1 atom stereocenters. The van der Waals surface area contributed by atoms with Crippen molar-refractivity contribution in [3.63, 3.8) is 0 Å². The molecule has 0 radical (unpaired) electrons. The number of hydrogen-bond donors (Lipinski definition) is 0. The quantitative estimate of drug-likeness (QED) is 0.479. The second-order valence-electron chi connectivity index (χ2n) is 2.89. The molecule has 0 aromatic carbocycles. The van der Waals surface area contributed by atoms with E-state index in [1.165, 1.54) is 0 Å². The molecule has 92 valence electrons. The van der Waals surface area contributed by atoms with Gasteiger partial charge in [0, 0.05) is 6.42 Å². The zero-order valence-corrected chi connectivity index (χ0v) is 10.7. The van der Waals surface area contributed by atoms with Crippen molar-refractivity contribution in [3.8, 4) is 0 Å². The zero-order valence-electron chi connectivity index (χ0n) is 8.34. The maximum Gasteiger partial charge on any atom is 0.264 e. The lowest BCUT2D eigenvalue weighted by atomic mass is 10.3. The summed E-state index contributed by atoms with van der Waals surface area (Å²) in [6.07, 6.45) is 1.11. The average molecular weight is 281 g/mol. The highest BCUT2D eigenvalue weighted by atomic mass is 35.5. The van der Waals surface area contributed by atoms with Gasteiger partial charge in [-0.15, -0.1) is 11.6 Å². The van der Waals surface area contributed by atoms with Gasteiger partial charge in [-0.1, -0.05) is 0 Å². The normalized spacial score (nSPS) is 15.1. The van der Waals surface area contributed by atoms with Crippen molar-refractivity contribution in [2.45, 2.75) is 12.5 Å². The molecule has 0 aliphatic rings. The summed E-state index contributed by atoms with van der Waals surface area (Å²) in [4.78, 5) is 0. The predicted molar refractivity (Wildman–Crippen MR) is 55.8 cm³/mol. The van der Waals surface area contributed by atoms with Gasteiger partial charge < -0.3 is 0 Å². The van der Waals surface area contributed by atoms with Crippen LogP contribution < -0.4 is 0 Å². The molecule has 9 heteroatoms. The Morgan fingerprint density at radius 1 is 1.13 bits per heavy atom. The number of hydrogen-bond acceptors (Lipinski definition) is 6. The summed E-state index contributed by atoms with van der Waals surface area (Å²) in [5.74, 6) is -0.0554. The van der Waals surface area contributed by atoms with Gasteiger partial charge in [0.2, 0.25) is 0 Å². The number of halogens is 1. The van der Waals surface area contributed by atoms with Gasteiger partial charge in [0.25, 0.3) is 20.2 Å². The van der Waals surface area contributed by atoms with Crippen molar-refractivity contribution >= 4 is 31.8 Å². The van der Waals surface area contributed by atoms with E-state index in [0.29, 0.717) is 0 Å². The van der Waals surface area contributed by atoms with E-state index in [9.17, 15) is 16.8 Å². The molecule has 0 bridgehead atoms. The zero-order chi connectivity index (χ0) is 12.1. The molecular weight excluding hydrogens is 268 g/mol. The van der Waals surface area contributed by atoms with E-state index in [0.717, 1.165) is 12.5 Å². The largest absolute Gasteiger partial charge is 0.270 e. The highest BCUT2D eigenvalue weighted by Gasteiger charge is 2.15. The Morgan fingerprint density at radius 3 is 2.00 bits per heavy atom. The lowest BCUT2D eigenvalue weighted by Crippen LogP contribution is -2.21. The Morgan fingerprint density at radius 2 is 1.67 bits per heavy atom. The second kappa shape index (κ2) is 6.00. The first-order chi connectivity index (χ1) is 6.64. The van der Waals surface area contributed by atoms with Crippen molar-refractivity contribution in [1.82, 2.24) is 0 Å². The summed E-state index contributed by atoms with van der Waals surface area (Å²) in [6.45, 7) is -0.161. The summed E-state index contributed by atoms with van der Waals surface area (Å²) in [7, 11) is -7.11. The summed E-state index contributed by atoms with van der Waals surface area (Å²) < 4.78 is 51.6. The van der Waals surface area contributed by atoms with E-state index in [1.54, 1.807) is 0 Å². The van der Waals surface area contributed by atoms with Crippen LogP contribution in [-0.4, -0.2) is 47.9 Å². The average Bonchev–Trinajstić information content (AvgIpc) is 1.97. The smallest absolute Gasteiger partial charge is 0.264 e. The lowest BCUT2D eigenvalue weighted by Gasteiger charge is -2.12. The van der Waals surface area contributed by atoms with E-state index in [-0.39, 0.29) is 18.9 Å². The first-order valence-corrected chi connectivity index (χ1v) is 8.09. The minimum atomic E-state index is -3.59. The molecule has 0 saturated carbocycles. The van der Waals surface area contributed by atoms with Crippen LogP contribution >= 0.6 is 11.6 Å². The van der Waals surface area contributed by atoms with E-state index >= 15 is 0 Å². The van der Waals surface area contributed by atoms with Gasteiger partial charge in [0.05, 0.1) is 31.1 Å². The van der Waals surface area contributed by atoms with Gasteiger partial charge in [-0.3, -0.25) is 8.37 Å². The Labute approximate surface area is 94.8 Å². The molecule has 0 unspecified atom stereocenters. The van der Waals surface area contributed by atoms with Crippen LogP contribution in [0.4, 0.5) is 0 Å². The molecule has 0 aliphatic heterocycles. The Hall–Kier alpha value is 0.110. The highest BCUT2D eigenvalue weighted by Crippen LogP contribution is 2.06. The summed E-state index contributed by atoms with van der Waals surface area (Å²) in [5.41, 5.74) is 0. The van der Waals surface area contributed by atoms with E-state index in [4.69, 9.17) is 11.6 Å². The Bertz CT molecular complexity index is 372. The molecule has 0 spiro atoms. The number of alkyl halides is 1. The molecule has 0 heterocycles. The fourth-order valence-corrected chi connectivity index (χ4v) is 2.08. The summed E-state index contributed by atoms with van der Waals surface area (Å²) in [6, 6.07) is 0. The molecule has 0 fully saturated rings. The SMILES string of the molecule is CS(=O)(=O)OCC[C@H](CCl)OS(C)(=O)=O. The molecule has 6 nitrogen and oxygen atoms in total. The lowest BCUT2D eigenvalue weighted by molar-refractivity contribution is 0.190. The third-order valence-corrected chi connectivity index (χ3v) is 2.78. The fraction of sp³-hybridized carbons (Fsp3) is 1.00. The van der Waals surface area contributed by atoms with Crippen LogP contribution in [0.25, 0.3) is 0 Å². The third-order valence-electron chi connectivity index (χ3n) is 1.22.